The maximum absolute atomic E-state index is 12.1. The van der Waals surface area contributed by atoms with E-state index in [9.17, 15) is 14.9 Å². The molecule has 0 bridgehead atoms. The van der Waals surface area contributed by atoms with E-state index in [1.807, 2.05) is 44.2 Å². The van der Waals surface area contributed by atoms with Crippen LogP contribution in [0.3, 0.4) is 0 Å². The Hall–Kier alpha value is -3.33. The summed E-state index contributed by atoms with van der Waals surface area (Å²) in [5.41, 5.74) is -0.713. The standard InChI is InChI=1S/C21H22N2O4/c1-15(2)21(3,14-22)23-19(24)13-26-20(25)16-9-11-18(12-10-16)27-17-7-5-4-6-8-17/h4-12,15H,13H2,1-3H3,(H,23,24)/t21-/m1/s1. The van der Waals surface area contributed by atoms with Crippen molar-refractivity contribution >= 4 is 11.9 Å². The highest BCUT2D eigenvalue weighted by molar-refractivity contribution is 5.91. The number of nitriles is 1. The van der Waals surface area contributed by atoms with Gasteiger partial charge in [-0.1, -0.05) is 32.0 Å². The minimum absolute atomic E-state index is 0.0840. The third kappa shape index (κ3) is 5.58. The van der Waals surface area contributed by atoms with Gasteiger partial charge in [0.2, 0.25) is 0 Å². The molecule has 6 heteroatoms. The van der Waals surface area contributed by atoms with Gasteiger partial charge in [-0.25, -0.2) is 4.79 Å². The van der Waals surface area contributed by atoms with Gasteiger partial charge in [-0.15, -0.1) is 0 Å². The van der Waals surface area contributed by atoms with Gasteiger partial charge < -0.3 is 14.8 Å². The van der Waals surface area contributed by atoms with Crippen LogP contribution >= 0.6 is 0 Å². The summed E-state index contributed by atoms with van der Waals surface area (Å²) in [7, 11) is 0. The number of para-hydroxylation sites is 1. The molecule has 0 spiro atoms. The highest BCUT2D eigenvalue weighted by atomic mass is 16.5. The van der Waals surface area contributed by atoms with Crippen molar-refractivity contribution in [2.24, 2.45) is 5.92 Å². The third-order valence-electron chi connectivity index (χ3n) is 4.19. The van der Waals surface area contributed by atoms with E-state index in [2.05, 4.69) is 11.4 Å². The van der Waals surface area contributed by atoms with E-state index in [0.717, 1.165) is 0 Å². The van der Waals surface area contributed by atoms with Gasteiger partial charge in [0.25, 0.3) is 5.91 Å². The fraction of sp³-hybridized carbons (Fsp3) is 0.286. The Kier molecular flexibility index (Phi) is 6.56. The van der Waals surface area contributed by atoms with E-state index in [1.54, 1.807) is 31.2 Å². The van der Waals surface area contributed by atoms with E-state index >= 15 is 0 Å². The second-order valence-electron chi connectivity index (χ2n) is 6.53. The topological polar surface area (TPSA) is 88.4 Å². The van der Waals surface area contributed by atoms with Gasteiger partial charge in [-0.3, -0.25) is 4.79 Å². The monoisotopic (exact) mass is 366 g/mol. The summed E-state index contributed by atoms with van der Waals surface area (Å²) in [6.07, 6.45) is 0. The fourth-order valence-corrected chi connectivity index (χ4v) is 2.13. The minimum atomic E-state index is -1.01. The van der Waals surface area contributed by atoms with E-state index in [1.165, 1.54) is 0 Å². The molecule has 0 radical (unpaired) electrons. The van der Waals surface area contributed by atoms with Crippen molar-refractivity contribution in [3.8, 4) is 17.6 Å². The Morgan fingerprint density at radius 1 is 1.07 bits per heavy atom. The molecular weight excluding hydrogens is 344 g/mol. The van der Waals surface area contributed by atoms with Gasteiger partial charge in [0.1, 0.15) is 17.0 Å². The molecule has 0 aliphatic rings. The van der Waals surface area contributed by atoms with Crippen LogP contribution in [0.5, 0.6) is 11.5 Å². The smallest absolute Gasteiger partial charge is 0.338 e. The summed E-state index contributed by atoms with van der Waals surface area (Å²) in [6.45, 7) is 4.83. The van der Waals surface area contributed by atoms with Crippen LogP contribution in [0.2, 0.25) is 0 Å². The molecule has 0 heterocycles. The summed E-state index contributed by atoms with van der Waals surface area (Å²) in [5.74, 6) is 0.0384. The molecule has 2 aromatic rings. The van der Waals surface area contributed by atoms with Gasteiger partial charge in [-0.05, 0) is 49.2 Å². The Morgan fingerprint density at radius 2 is 1.67 bits per heavy atom. The molecule has 6 nitrogen and oxygen atoms in total. The molecule has 0 aliphatic heterocycles. The number of hydrogen-bond acceptors (Lipinski definition) is 5. The normalized spacial score (nSPS) is 12.6. The molecule has 2 aromatic carbocycles. The molecule has 27 heavy (non-hydrogen) atoms. The van der Waals surface area contributed by atoms with Crippen LogP contribution in [-0.4, -0.2) is 24.0 Å². The molecule has 140 valence electrons. The molecule has 0 fully saturated rings. The van der Waals surface area contributed by atoms with Crippen molar-refractivity contribution in [3.63, 3.8) is 0 Å². The Morgan fingerprint density at radius 3 is 2.22 bits per heavy atom. The zero-order valence-corrected chi connectivity index (χ0v) is 15.6. The lowest BCUT2D eigenvalue weighted by molar-refractivity contribution is -0.125. The minimum Gasteiger partial charge on any atom is -0.457 e. The zero-order chi connectivity index (χ0) is 19.9. The van der Waals surface area contributed by atoms with Crippen LogP contribution in [0.15, 0.2) is 54.6 Å². The average molecular weight is 366 g/mol. The molecule has 1 amide bonds. The summed E-state index contributed by atoms with van der Waals surface area (Å²) >= 11 is 0. The number of rotatable bonds is 7. The Labute approximate surface area is 158 Å². The van der Waals surface area contributed by atoms with Crippen molar-refractivity contribution in [1.29, 1.82) is 5.26 Å². The number of amides is 1. The summed E-state index contributed by atoms with van der Waals surface area (Å²) in [6, 6.07) is 17.8. The lowest BCUT2D eigenvalue weighted by Crippen LogP contribution is -2.50. The largest absolute Gasteiger partial charge is 0.457 e. The van der Waals surface area contributed by atoms with Crippen LogP contribution in [0, 0.1) is 17.2 Å². The molecule has 1 N–H and O–H groups in total. The van der Waals surface area contributed by atoms with E-state index in [0.29, 0.717) is 17.1 Å². The zero-order valence-electron chi connectivity index (χ0n) is 15.6. The van der Waals surface area contributed by atoms with Crippen molar-refractivity contribution in [2.75, 3.05) is 6.61 Å². The molecule has 0 unspecified atom stereocenters. The number of carbonyl (C=O) groups excluding carboxylic acids is 2. The first kappa shape index (κ1) is 20.0. The molecule has 2 rings (SSSR count). The van der Waals surface area contributed by atoms with Crippen molar-refractivity contribution < 1.29 is 19.1 Å². The Bertz CT molecular complexity index is 826. The number of nitrogens with one attached hydrogen (secondary N) is 1. The predicted molar refractivity (Wildman–Crippen MR) is 100 cm³/mol. The molecular formula is C21H22N2O4. The van der Waals surface area contributed by atoms with Gasteiger partial charge >= 0.3 is 5.97 Å². The fourth-order valence-electron chi connectivity index (χ4n) is 2.13. The second-order valence-corrected chi connectivity index (χ2v) is 6.53. The lowest BCUT2D eigenvalue weighted by atomic mass is 9.90. The quantitative estimate of drug-likeness (QED) is 0.755. The first-order valence-corrected chi connectivity index (χ1v) is 8.56. The van der Waals surface area contributed by atoms with Gasteiger partial charge in [0, 0.05) is 0 Å². The second kappa shape index (κ2) is 8.86. The number of ether oxygens (including phenoxy) is 2. The molecule has 0 aliphatic carbocycles. The average Bonchev–Trinajstić information content (AvgIpc) is 2.67. The van der Waals surface area contributed by atoms with Crippen LogP contribution in [0.1, 0.15) is 31.1 Å². The van der Waals surface area contributed by atoms with Gasteiger partial charge in [-0.2, -0.15) is 5.26 Å². The van der Waals surface area contributed by atoms with E-state index < -0.39 is 24.0 Å². The van der Waals surface area contributed by atoms with E-state index in [4.69, 9.17) is 9.47 Å². The van der Waals surface area contributed by atoms with Gasteiger partial charge in [0.15, 0.2) is 6.61 Å². The Balaban J connectivity index is 1.89. The molecule has 0 saturated carbocycles. The lowest BCUT2D eigenvalue weighted by Gasteiger charge is -2.27. The number of esters is 1. The van der Waals surface area contributed by atoms with Crippen molar-refractivity contribution in [3.05, 3.63) is 60.2 Å². The summed E-state index contributed by atoms with van der Waals surface area (Å²) < 4.78 is 10.7. The predicted octanol–water partition coefficient (Wildman–Crippen LogP) is 3.69. The highest BCUT2D eigenvalue weighted by Gasteiger charge is 2.30. The first-order chi connectivity index (χ1) is 12.8. The summed E-state index contributed by atoms with van der Waals surface area (Å²) in [4.78, 5) is 24.0. The molecule has 0 aromatic heterocycles. The van der Waals surface area contributed by atoms with Crippen LogP contribution in [0.4, 0.5) is 0 Å². The van der Waals surface area contributed by atoms with E-state index in [-0.39, 0.29) is 5.92 Å². The molecule has 0 saturated heterocycles. The van der Waals surface area contributed by atoms with Crippen molar-refractivity contribution in [2.45, 2.75) is 26.3 Å². The van der Waals surface area contributed by atoms with Crippen LogP contribution in [-0.2, 0) is 9.53 Å². The number of carbonyl (C=O) groups is 2. The number of hydrogen-bond donors (Lipinski definition) is 1. The molecule has 1 atom stereocenters. The number of benzene rings is 2. The van der Waals surface area contributed by atoms with Gasteiger partial charge in [0.05, 0.1) is 11.6 Å². The maximum Gasteiger partial charge on any atom is 0.338 e. The first-order valence-electron chi connectivity index (χ1n) is 8.56. The van der Waals surface area contributed by atoms with Crippen LogP contribution < -0.4 is 10.1 Å². The highest BCUT2D eigenvalue weighted by Crippen LogP contribution is 2.21. The number of nitrogens with zero attached hydrogens (tertiary/aromatic N) is 1. The SMILES string of the molecule is CC(C)[C@@](C)(C#N)NC(=O)COC(=O)c1ccc(Oc2ccccc2)cc1. The van der Waals surface area contributed by atoms with Crippen molar-refractivity contribution in [1.82, 2.24) is 5.32 Å². The third-order valence-corrected chi connectivity index (χ3v) is 4.19. The maximum atomic E-state index is 12.1. The van der Waals surface area contributed by atoms with Crippen LogP contribution in [0.25, 0.3) is 0 Å². The summed E-state index contributed by atoms with van der Waals surface area (Å²) in [5, 5.41) is 11.8.